The van der Waals surface area contributed by atoms with Crippen LogP contribution >= 0.6 is 0 Å². The second-order valence-electron chi connectivity index (χ2n) is 9.62. The van der Waals surface area contributed by atoms with Gasteiger partial charge in [-0.2, -0.15) is 0 Å². The standard InChI is InChI=1S/C25H34FN5O3/c1-17-7-9-19(13-27-17)29-24(33)30-22-12-18(8-10-21(22)26)14-31-11-5-6-20(15-31)28-23(32)16-34-25(2,3)4/h7-10,12-13,20H,5-6,11,14-16H2,1-4H3,(H,28,32)(H2,29,30,33)/t20-/m0/s1. The molecular formula is C25H34FN5O3. The quantitative estimate of drug-likeness (QED) is 0.566. The number of piperidine rings is 1. The SMILES string of the molecule is Cc1ccc(NC(=O)Nc2cc(CN3CCC[C@H](NC(=O)COC(C)(C)C)C3)ccc2F)cn1. The van der Waals surface area contributed by atoms with Crippen LogP contribution in [0.2, 0.25) is 0 Å². The van der Waals surface area contributed by atoms with Gasteiger partial charge in [0.25, 0.3) is 0 Å². The van der Waals surface area contributed by atoms with Gasteiger partial charge in [-0.25, -0.2) is 9.18 Å². The second-order valence-corrected chi connectivity index (χ2v) is 9.62. The summed E-state index contributed by atoms with van der Waals surface area (Å²) in [6.45, 7) is 9.79. The monoisotopic (exact) mass is 471 g/mol. The van der Waals surface area contributed by atoms with Crippen LogP contribution in [0.1, 0.15) is 44.9 Å². The van der Waals surface area contributed by atoms with Crippen molar-refractivity contribution in [1.29, 1.82) is 0 Å². The summed E-state index contributed by atoms with van der Waals surface area (Å²) >= 11 is 0. The van der Waals surface area contributed by atoms with Gasteiger partial charge < -0.3 is 20.7 Å². The summed E-state index contributed by atoms with van der Waals surface area (Å²) in [4.78, 5) is 30.9. The molecule has 0 aliphatic carbocycles. The van der Waals surface area contributed by atoms with Crippen LogP contribution < -0.4 is 16.0 Å². The number of hydrogen-bond donors (Lipinski definition) is 3. The highest BCUT2D eigenvalue weighted by molar-refractivity contribution is 5.99. The molecule has 1 saturated heterocycles. The lowest BCUT2D eigenvalue weighted by Crippen LogP contribution is -2.48. The maximum Gasteiger partial charge on any atom is 0.323 e. The number of carbonyl (C=O) groups excluding carboxylic acids is 2. The summed E-state index contributed by atoms with van der Waals surface area (Å²) in [6, 6.07) is 7.71. The average molecular weight is 472 g/mol. The van der Waals surface area contributed by atoms with E-state index < -0.39 is 11.8 Å². The molecule has 1 aliphatic heterocycles. The number of pyridine rings is 1. The number of aryl methyl sites for hydroxylation is 1. The van der Waals surface area contributed by atoms with Crippen LogP contribution in [0.15, 0.2) is 36.5 Å². The minimum absolute atomic E-state index is 0.0354. The van der Waals surface area contributed by atoms with Crippen LogP contribution in [0.3, 0.4) is 0 Å². The second kappa shape index (κ2) is 11.4. The number of hydrogen-bond acceptors (Lipinski definition) is 5. The Morgan fingerprint density at radius 3 is 2.71 bits per heavy atom. The first-order valence-electron chi connectivity index (χ1n) is 11.5. The molecular weight excluding hydrogens is 437 g/mol. The van der Waals surface area contributed by atoms with Crippen molar-refractivity contribution in [2.45, 2.75) is 58.7 Å². The lowest BCUT2D eigenvalue weighted by molar-refractivity contribution is -0.131. The molecule has 1 aromatic carbocycles. The van der Waals surface area contributed by atoms with Gasteiger partial charge in [0.15, 0.2) is 0 Å². The Balaban J connectivity index is 1.54. The van der Waals surface area contributed by atoms with Crippen LogP contribution in [0.4, 0.5) is 20.6 Å². The molecule has 1 fully saturated rings. The summed E-state index contributed by atoms with van der Waals surface area (Å²) < 4.78 is 19.9. The first kappa shape index (κ1) is 25.6. The van der Waals surface area contributed by atoms with Crippen LogP contribution in [0.25, 0.3) is 0 Å². The van der Waals surface area contributed by atoms with E-state index in [2.05, 4.69) is 25.8 Å². The zero-order valence-corrected chi connectivity index (χ0v) is 20.3. The molecule has 1 atom stereocenters. The molecule has 3 rings (SSSR count). The first-order valence-corrected chi connectivity index (χ1v) is 11.5. The van der Waals surface area contributed by atoms with Gasteiger partial charge in [-0.1, -0.05) is 6.07 Å². The number of amides is 3. The number of aromatic nitrogens is 1. The third-order valence-corrected chi connectivity index (χ3v) is 5.36. The first-order chi connectivity index (χ1) is 16.1. The number of rotatable bonds is 7. The molecule has 3 N–H and O–H groups in total. The molecule has 2 aromatic rings. The van der Waals surface area contributed by atoms with Crippen molar-refractivity contribution in [1.82, 2.24) is 15.2 Å². The summed E-state index contributed by atoms with van der Waals surface area (Å²) in [7, 11) is 0. The lowest BCUT2D eigenvalue weighted by Gasteiger charge is -2.33. The Labute approximate surface area is 200 Å². The maximum atomic E-state index is 14.3. The number of ether oxygens (including phenoxy) is 1. The molecule has 9 heteroatoms. The smallest absolute Gasteiger partial charge is 0.323 e. The van der Waals surface area contributed by atoms with Crippen LogP contribution in [0, 0.1) is 12.7 Å². The molecule has 0 bridgehead atoms. The number of carbonyl (C=O) groups is 2. The van der Waals surface area contributed by atoms with E-state index in [1.807, 2.05) is 27.7 Å². The third-order valence-electron chi connectivity index (χ3n) is 5.36. The predicted octanol–water partition coefficient (Wildman–Crippen LogP) is 4.07. The summed E-state index contributed by atoms with van der Waals surface area (Å²) in [6.07, 6.45) is 3.40. The molecule has 184 valence electrons. The molecule has 0 saturated carbocycles. The van der Waals surface area contributed by atoms with Crippen molar-refractivity contribution >= 4 is 23.3 Å². The van der Waals surface area contributed by atoms with Crippen molar-refractivity contribution in [3.63, 3.8) is 0 Å². The van der Waals surface area contributed by atoms with E-state index >= 15 is 0 Å². The zero-order chi connectivity index (χ0) is 24.7. The van der Waals surface area contributed by atoms with Crippen molar-refractivity contribution < 1.29 is 18.7 Å². The largest absolute Gasteiger partial charge is 0.366 e. The minimum Gasteiger partial charge on any atom is -0.366 e. The van der Waals surface area contributed by atoms with Gasteiger partial charge in [-0.3, -0.25) is 14.7 Å². The van der Waals surface area contributed by atoms with Gasteiger partial charge in [-0.05, 0) is 76.9 Å². The lowest BCUT2D eigenvalue weighted by atomic mass is 10.0. The maximum absolute atomic E-state index is 14.3. The highest BCUT2D eigenvalue weighted by Crippen LogP contribution is 2.20. The number of nitrogens with one attached hydrogen (secondary N) is 3. The van der Waals surface area contributed by atoms with Gasteiger partial charge in [0.05, 0.1) is 23.2 Å². The van der Waals surface area contributed by atoms with Crippen LogP contribution in [-0.4, -0.2) is 53.2 Å². The van der Waals surface area contributed by atoms with Crippen molar-refractivity contribution in [3.05, 3.63) is 53.6 Å². The molecule has 8 nitrogen and oxygen atoms in total. The van der Waals surface area contributed by atoms with Gasteiger partial charge in [-0.15, -0.1) is 0 Å². The summed E-state index contributed by atoms with van der Waals surface area (Å²) in [5.74, 6) is -0.631. The predicted molar refractivity (Wildman–Crippen MR) is 130 cm³/mol. The molecule has 34 heavy (non-hydrogen) atoms. The fourth-order valence-electron chi connectivity index (χ4n) is 3.72. The third kappa shape index (κ3) is 8.39. The Morgan fingerprint density at radius 2 is 2.00 bits per heavy atom. The molecule has 1 aliphatic rings. The average Bonchev–Trinajstić information content (AvgIpc) is 2.76. The molecule has 1 aromatic heterocycles. The van der Waals surface area contributed by atoms with E-state index in [4.69, 9.17) is 4.74 Å². The number of halogens is 1. The molecule has 0 unspecified atom stereocenters. The van der Waals surface area contributed by atoms with E-state index in [1.165, 1.54) is 6.07 Å². The number of anilines is 2. The molecule has 0 spiro atoms. The Hall–Kier alpha value is -3.04. The Morgan fingerprint density at radius 1 is 1.21 bits per heavy atom. The van der Waals surface area contributed by atoms with Gasteiger partial charge in [0, 0.05) is 24.8 Å². The Bertz CT molecular complexity index is 991. The van der Waals surface area contributed by atoms with Gasteiger partial charge in [0.2, 0.25) is 5.91 Å². The summed E-state index contributed by atoms with van der Waals surface area (Å²) in [5, 5.41) is 8.26. The van der Waals surface area contributed by atoms with Crippen LogP contribution in [-0.2, 0) is 16.1 Å². The minimum atomic E-state index is -0.542. The van der Waals surface area contributed by atoms with Crippen molar-refractivity contribution in [3.8, 4) is 0 Å². The van der Waals surface area contributed by atoms with Crippen molar-refractivity contribution in [2.24, 2.45) is 0 Å². The van der Waals surface area contributed by atoms with E-state index in [1.54, 1.807) is 30.5 Å². The molecule has 3 amide bonds. The molecule has 0 radical (unpaired) electrons. The van der Waals surface area contributed by atoms with Gasteiger partial charge in [0.1, 0.15) is 12.4 Å². The van der Waals surface area contributed by atoms with E-state index in [9.17, 15) is 14.0 Å². The molecule has 2 heterocycles. The number of nitrogens with zero attached hydrogens (tertiary/aromatic N) is 2. The topological polar surface area (TPSA) is 95.6 Å². The zero-order valence-electron chi connectivity index (χ0n) is 20.3. The van der Waals surface area contributed by atoms with Crippen molar-refractivity contribution in [2.75, 3.05) is 30.3 Å². The highest BCUT2D eigenvalue weighted by atomic mass is 19.1. The highest BCUT2D eigenvalue weighted by Gasteiger charge is 2.23. The fraction of sp³-hybridized carbons (Fsp3) is 0.480. The van der Waals surface area contributed by atoms with E-state index in [0.717, 1.165) is 30.6 Å². The fourth-order valence-corrected chi connectivity index (χ4v) is 3.72. The summed E-state index contributed by atoms with van der Waals surface area (Å²) in [5.41, 5.74) is 1.97. The number of likely N-dealkylation sites (tertiary alicyclic amines) is 1. The van der Waals surface area contributed by atoms with E-state index in [0.29, 0.717) is 18.8 Å². The normalized spacial score (nSPS) is 16.7. The van der Waals surface area contributed by atoms with Crippen LogP contribution in [0.5, 0.6) is 0 Å². The number of benzene rings is 1. The van der Waals surface area contributed by atoms with E-state index in [-0.39, 0.29) is 29.8 Å². The number of urea groups is 1. The van der Waals surface area contributed by atoms with Gasteiger partial charge >= 0.3 is 6.03 Å². The Kier molecular flexibility index (Phi) is 8.57.